The number of carbonyl (C=O) groups excluding carboxylic acids is 1. The lowest BCUT2D eigenvalue weighted by molar-refractivity contribution is 0.0665. The SMILES string of the molecule is Cc1cc(C(=O)N2CCC[C@H](c3nc(C)cs3)C2)on1. The minimum atomic E-state index is -0.0661. The van der Waals surface area contributed by atoms with Crippen molar-refractivity contribution in [3.63, 3.8) is 0 Å². The molecule has 106 valence electrons. The van der Waals surface area contributed by atoms with Crippen LogP contribution in [0.15, 0.2) is 16.0 Å². The second-order valence-corrected chi connectivity index (χ2v) is 6.14. The van der Waals surface area contributed by atoms with E-state index in [0.29, 0.717) is 18.2 Å². The zero-order chi connectivity index (χ0) is 14.1. The maximum absolute atomic E-state index is 12.4. The minimum Gasteiger partial charge on any atom is -0.351 e. The molecule has 1 atom stereocenters. The average Bonchev–Trinajstić information content (AvgIpc) is 3.07. The number of hydrogen-bond donors (Lipinski definition) is 0. The molecule has 2 aromatic rings. The second kappa shape index (κ2) is 5.36. The summed E-state index contributed by atoms with van der Waals surface area (Å²) < 4.78 is 5.07. The van der Waals surface area contributed by atoms with E-state index >= 15 is 0 Å². The fourth-order valence-corrected chi connectivity index (χ4v) is 3.47. The highest BCUT2D eigenvalue weighted by atomic mass is 32.1. The van der Waals surface area contributed by atoms with Crippen molar-refractivity contribution >= 4 is 17.2 Å². The minimum absolute atomic E-state index is 0.0661. The highest BCUT2D eigenvalue weighted by molar-refractivity contribution is 7.09. The second-order valence-electron chi connectivity index (χ2n) is 5.25. The van der Waals surface area contributed by atoms with E-state index in [1.807, 2.05) is 18.7 Å². The standard InChI is InChI=1S/C14H17N3O2S/c1-9-6-12(19-16-9)14(18)17-5-3-4-11(7-17)13-15-10(2)8-20-13/h6,8,11H,3-5,7H2,1-2H3/t11-/m0/s1. The number of thiazole rings is 1. The molecule has 20 heavy (non-hydrogen) atoms. The quantitative estimate of drug-likeness (QED) is 0.853. The molecule has 0 saturated carbocycles. The zero-order valence-electron chi connectivity index (χ0n) is 11.6. The van der Waals surface area contributed by atoms with Gasteiger partial charge in [0.25, 0.3) is 5.91 Å². The van der Waals surface area contributed by atoms with Crippen molar-refractivity contribution in [1.29, 1.82) is 0 Å². The monoisotopic (exact) mass is 291 g/mol. The van der Waals surface area contributed by atoms with Crippen molar-refractivity contribution in [3.05, 3.63) is 33.6 Å². The number of nitrogens with zero attached hydrogens (tertiary/aromatic N) is 3. The molecule has 3 rings (SSSR count). The Hall–Kier alpha value is -1.69. The molecule has 1 aliphatic rings. The highest BCUT2D eigenvalue weighted by Gasteiger charge is 2.28. The third-order valence-electron chi connectivity index (χ3n) is 3.53. The normalized spacial score (nSPS) is 19.3. The van der Waals surface area contributed by atoms with Crippen molar-refractivity contribution in [1.82, 2.24) is 15.0 Å². The largest absolute Gasteiger partial charge is 0.351 e. The summed E-state index contributed by atoms with van der Waals surface area (Å²) in [4.78, 5) is 18.8. The first-order valence-electron chi connectivity index (χ1n) is 6.78. The Morgan fingerprint density at radius 2 is 2.30 bits per heavy atom. The van der Waals surface area contributed by atoms with E-state index < -0.39 is 0 Å². The number of rotatable bonds is 2. The van der Waals surface area contributed by atoms with Crippen LogP contribution in [-0.4, -0.2) is 34.0 Å². The van der Waals surface area contributed by atoms with Gasteiger partial charge in [0, 0.05) is 36.1 Å². The van der Waals surface area contributed by atoms with Crippen LogP contribution in [0.3, 0.4) is 0 Å². The Balaban J connectivity index is 1.73. The molecule has 5 nitrogen and oxygen atoms in total. The van der Waals surface area contributed by atoms with E-state index in [1.165, 1.54) is 0 Å². The molecule has 3 heterocycles. The summed E-state index contributed by atoms with van der Waals surface area (Å²) in [6.45, 7) is 5.31. The van der Waals surface area contributed by atoms with E-state index in [0.717, 1.165) is 35.8 Å². The molecule has 0 radical (unpaired) electrons. The fourth-order valence-electron chi connectivity index (χ4n) is 2.54. The lowest BCUT2D eigenvalue weighted by Gasteiger charge is -2.31. The molecule has 1 fully saturated rings. The first-order valence-corrected chi connectivity index (χ1v) is 7.66. The predicted molar refractivity (Wildman–Crippen MR) is 76.0 cm³/mol. The molecule has 2 aromatic heterocycles. The maximum atomic E-state index is 12.4. The Kier molecular flexibility index (Phi) is 3.56. The number of aromatic nitrogens is 2. The molecule has 1 amide bonds. The van der Waals surface area contributed by atoms with Crippen LogP contribution in [-0.2, 0) is 0 Å². The van der Waals surface area contributed by atoms with E-state index in [1.54, 1.807) is 17.4 Å². The van der Waals surface area contributed by atoms with Crippen molar-refractivity contribution < 1.29 is 9.32 Å². The van der Waals surface area contributed by atoms with Crippen LogP contribution in [0, 0.1) is 13.8 Å². The molecule has 6 heteroatoms. The molecule has 0 spiro atoms. The van der Waals surface area contributed by atoms with Crippen LogP contribution in [0.5, 0.6) is 0 Å². The van der Waals surface area contributed by atoms with E-state index in [9.17, 15) is 4.79 Å². The van der Waals surface area contributed by atoms with Crippen LogP contribution in [0.4, 0.5) is 0 Å². The van der Waals surface area contributed by atoms with Crippen molar-refractivity contribution in [2.75, 3.05) is 13.1 Å². The van der Waals surface area contributed by atoms with Gasteiger partial charge < -0.3 is 9.42 Å². The van der Waals surface area contributed by atoms with Gasteiger partial charge in [-0.1, -0.05) is 5.16 Å². The van der Waals surface area contributed by atoms with Crippen LogP contribution in [0.25, 0.3) is 0 Å². The number of amides is 1. The van der Waals surface area contributed by atoms with Gasteiger partial charge in [0.2, 0.25) is 5.76 Å². The van der Waals surface area contributed by atoms with Gasteiger partial charge in [0.15, 0.2) is 0 Å². The molecule has 0 unspecified atom stereocenters. The molecule has 1 saturated heterocycles. The Labute approximate surface area is 121 Å². The molecule has 1 aliphatic heterocycles. The smallest absolute Gasteiger partial charge is 0.292 e. The Morgan fingerprint density at radius 3 is 2.95 bits per heavy atom. The van der Waals surface area contributed by atoms with Gasteiger partial charge in [0.1, 0.15) is 0 Å². The van der Waals surface area contributed by atoms with Crippen molar-refractivity contribution in [2.24, 2.45) is 0 Å². The number of likely N-dealkylation sites (tertiary alicyclic amines) is 1. The van der Waals surface area contributed by atoms with Gasteiger partial charge in [-0.2, -0.15) is 0 Å². The lowest BCUT2D eigenvalue weighted by atomic mass is 9.98. The van der Waals surface area contributed by atoms with E-state index in [-0.39, 0.29) is 5.91 Å². The van der Waals surface area contributed by atoms with Gasteiger partial charge in [0.05, 0.1) is 10.7 Å². The van der Waals surface area contributed by atoms with Gasteiger partial charge in [-0.3, -0.25) is 4.79 Å². The summed E-state index contributed by atoms with van der Waals surface area (Å²) in [6.07, 6.45) is 2.09. The number of piperidine rings is 1. The lowest BCUT2D eigenvalue weighted by Crippen LogP contribution is -2.39. The van der Waals surface area contributed by atoms with Crippen LogP contribution in [0.2, 0.25) is 0 Å². The van der Waals surface area contributed by atoms with Gasteiger partial charge in [-0.15, -0.1) is 11.3 Å². The summed E-state index contributed by atoms with van der Waals surface area (Å²) >= 11 is 1.68. The summed E-state index contributed by atoms with van der Waals surface area (Å²) in [5.74, 6) is 0.609. The maximum Gasteiger partial charge on any atom is 0.292 e. The zero-order valence-corrected chi connectivity index (χ0v) is 12.4. The molecular formula is C14H17N3O2S. The topological polar surface area (TPSA) is 59.2 Å². The van der Waals surface area contributed by atoms with Gasteiger partial charge in [-0.25, -0.2) is 4.98 Å². The predicted octanol–water partition coefficient (Wildman–Crippen LogP) is 2.77. The van der Waals surface area contributed by atoms with E-state index in [4.69, 9.17) is 4.52 Å². The first kappa shape index (κ1) is 13.3. The highest BCUT2D eigenvalue weighted by Crippen LogP contribution is 2.29. The van der Waals surface area contributed by atoms with Crippen LogP contribution >= 0.6 is 11.3 Å². The first-order chi connectivity index (χ1) is 9.63. The number of aryl methyl sites for hydroxylation is 2. The van der Waals surface area contributed by atoms with Gasteiger partial charge >= 0.3 is 0 Å². The van der Waals surface area contributed by atoms with Crippen molar-refractivity contribution in [3.8, 4) is 0 Å². The number of hydrogen-bond acceptors (Lipinski definition) is 5. The molecule has 0 bridgehead atoms. The molecule has 0 aliphatic carbocycles. The molecular weight excluding hydrogens is 274 g/mol. The Morgan fingerprint density at radius 1 is 1.45 bits per heavy atom. The third-order valence-corrected chi connectivity index (χ3v) is 4.66. The summed E-state index contributed by atoms with van der Waals surface area (Å²) in [5.41, 5.74) is 1.79. The average molecular weight is 291 g/mol. The fraction of sp³-hybridized carbons (Fsp3) is 0.500. The third kappa shape index (κ3) is 2.60. The van der Waals surface area contributed by atoms with Crippen LogP contribution < -0.4 is 0 Å². The summed E-state index contributed by atoms with van der Waals surface area (Å²) in [6, 6.07) is 1.69. The molecule has 0 aromatic carbocycles. The van der Waals surface area contributed by atoms with Crippen molar-refractivity contribution in [2.45, 2.75) is 32.6 Å². The van der Waals surface area contributed by atoms with Crippen LogP contribution in [0.1, 0.15) is 45.7 Å². The van der Waals surface area contributed by atoms with Gasteiger partial charge in [-0.05, 0) is 26.7 Å². The van der Waals surface area contributed by atoms with E-state index in [2.05, 4.69) is 15.5 Å². The Bertz CT molecular complexity index is 619. The molecule has 0 N–H and O–H groups in total. The summed E-state index contributed by atoms with van der Waals surface area (Å²) in [5, 5.41) is 6.98. The summed E-state index contributed by atoms with van der Waals surface area (Å²) in [7, 11) is 0. The number of carbonyl (C=O) groups is 1.